The van der Waals surface area contributed by atoms with E-state index in [0.717, 1.165) is 13.0 Å². The van der Waals surface area contributed by atoms with E-state index in [1.54, 1.807) is 12.1 Å². The van der Waals surface area contributed by atoms with Gasteiger partial charge in [-0.1, -0.05) is 19.0 Å². The number of nitrogens with zero attached hydrogens (tertiary/aromatic N) is 2. The topological polar surface area (TPSA) is 60.2 Å². The summed E-state index contributed by atoms with van der Waals surface area (Å²) >= 11 is 0. The molecule has 2 aromatic rings. The summed E-state index contributed by atoms with van der Waals surface area (Å²) in [5.74, 6) is 0.781. The Hall–Kier alpha value is -1.95. The van der Waals surface area contributed by atoms with Gasteiger partial charge >= 0.3 is 0 Å². The van der Waals surface area contributed by atoms with Gasteiger partial charge in [-0.25, -0.2) is 4.39 Å². The monoisotopic (exact) mass is 293 g/mol. The quantitative estimate of drug-likeness (QED) is 0.795. The molecule has 0 saturated carbocycles. The molecule has 0 aliphatic rings. The van der Waals surface area contributed by atoms with Crippen molar-refractivity contribution < 1.29 is 13.7 Å². The van der Waals surface area contributed by atoms with Crippen LogP contribution in [0.2, 0.25) is 0 Å². The normalized spacial score (nSPS) is 11.1. The SMILES string of the molecule is COc1cc(-c2noc(CCCNC(C)C)n2)ccc1F. The molecule has 0 saturated heterocycles. The smallest absolute Gasteiger partial charge is 0.227 e. The van der Waals surface area contributed by atoms with E-state index in [1.165, 1.54) is 13.2 Å². The van der Waals surface area contributed by atoms with E-state index in [9.17, 15) is 4.39 Å². The highest BCUT2D eigenvalue weighted by atomic mass is 19.1. The second-order valence-electron chi connectivity index (χ2n) is 5.07. The van der Waals surface area contributed by atoms with Crippen molar-refractivity contribution in [3.05, 3.63) is 29.9 Å². The summed E-state index contributed by atoms with van der Waals surface area (Å²) in [7, 11) is 1.42. The van der Waals surface area contributed by atoms with E-state index in [4.69, 9.17) is 9.26 Å². The average Bonchev–Trinajstić information content (AvgIpc) is 2.93. The fourth-order valence-corrected chi connectivity index (χ4v) is 1.90. The highest BCUT2D eigenvalue weighted by Crippen LogP contribution is 2.24. The van der Waals surface area contributed by atoms with Crippen molar-refractivity contribution in [1.82, 2.24) is 15.5 Å². The summed E-state index contributed by atoms with van der Waals surface area (Å²) < 4.78 is 23.5. The van der Waals surface area contributed by atoms with Crippen LogP contribution in [0.25, 0.3) is 11.4 Å². The fraction of sp³-hybridized carbons (Fsp3) is 0.467. The summed E-state index contributed by atoms with van der Waals surface area (Å²) in [6.45, 7) is 5.11. The maximum atomic E-state index is 13.4. The molecule has 1 aromatic carbocycles. The second kappa shape index (κ2) is 7.17. The zero-order chi connectivity index (χ0) is 15.2. The van der Waals surface area contributed by atoms with Crippen LogP contribution < -0.4 is 10.1 Å². The summed E-state index contributed by atoms with van der Waals surface area (Å²) in [5.41, 5.74) is 0.670. The third-order valence-corrected chi connectivity index (χ3v) is 3.00. The summed E-state index contributed by atoms with van der Waals surface area (Å²) in [6, 6.07) is 4.96. The van der Waals surface area contributed by atoms with Gasteiger partial charge in [0.1, 0.15) is 0 Å². The molecule has 0 aliphatic heterocycles. The largest absolute Gasteiger partial charge is 0.494 e. The van der Waals surface area contributed by atoms with Crippen molar-refractivity contribution in [2.75, 3.05) is 13.7 Å². The maximum Gasteiger partial charge on any atom is 0.227 e. The minimum Gasteiger partial charge on any atom is -0.494 e. The Kier molecular flexibility index (Phi) is 5.27. The molecular weight excluding hydrogens is 273 g/mol. The third kappa shape index (κ3) is 4.26. The van der Waals surface area contributed by atoms with Gasteiger partial charge in [0.15, 0.2) is 11.6 Å². The molecule has 6 heteroatoms. The molecule has 1 aromatic heterocycles. The molecule has 0 spiro atoms. The Morgan fingerprint density at radius 3 is 2.90 bits per heavy atom. The minimum absolute atomic E-state index is 0.167. The van der Waals surface area contributed by atoms with E-state index < -0.39 is 5.82 Å². The van der Waals surface area contributed by atoms with E-state index in [0.29, 0.717) is 29.7 Å². The van der Waals surface area contributed by atoms with Gasteiger partial charge in [-0.15, -0.1) is 0 Å². The standard InChI is InChI=1S/C15H20FN3O2/c1-10(2)17-8-4-5-14-18-15(19-21-14)11-6-7-12(16)13(9-11)20-3/h6-7,9-10,17H,4-5,8H2,1-3H3. The van der Waals surface area contributed by atoms with Crippen molar-refractivity contribution in [3.63, 3.8) is 0 Å². The van der Waals surface area contributed by atoms with Gasteiger partial charge in [0.05, 0.1) is 7.11 Å². The maximum absolute atomic E-state index is 13.4. The lowest BCUT2D eigenvalue weighted by atomic mass is 10.2. The Morgan fingerprint density at radius 1 is 1.38 bits per heavy atom. The van der Waals surface area contributed by atoms with Crippen LogP contribution in [0.3, 0.4) is 0 Å². The molecule has 0 bridgehead atoms. The van der Waals surface area contributed by atoms with Crippen LogP contribution in [-0.4, -0.2) is 29.8 Å². The van der Waals surface area contributed by atoms with E-state index >= 15 is 0 Å². The number of methoxy groups -OCH3 is 1. The molecule has 0 amide bonds. The van der Waals surface area contributed by atoms with Crippen LogP contribution in [0, 0.1) is 5.82 Å². The van der Waals surface area contributed by atoms with E-state index in [-0.39, 0.29) is 5.75 Å². The zero-order valence-electron chi connectivity index (χ0n) is 12.5. The van der Waals surface area contributed by atoms with Gasteiger partial charge in [-0.3, -0.25) is 0 Å². The number of halogens is 1. The number of nitrogens with one attached hydrogen (secondary N) is 1. The average molecular weight is 293 g/mol. The van der Waals surface area contributed by atoms with Gasteiger partial charge in [0.2, 0.25) is 11.7 Å². The highest BCUT2D eigenvalue weighted by molar-refractivity contribution is 5.57. The van der Waals surface area contributed by atoms with Crippen LogP contribution >= 0.6 is 0 Å². The van der Waals surface area contributed by atoms with Gasteiger partial charge in [-0.2, -0.15) is 4.98 Å². The lowest BCUT2D eigenvalue weighted by Crippen LogP contribution is -2.23. The fourth-order valence-electron chi connectivity index (χ4n) is 1.90. The lowest BCUT2D eigenvalue weighted by molar-refractivity contribution is 0.373. The number of hydrogen-bond acceptors (Lipinski definition) is 5. The first-order valence-corrected chi connectivity index (χ1v) is 7.00. The number of ether oxygens (including phenoxy) is 1. The van der Waals surface area contributed by atoms with Crippen LogP contribution in [0.4, 0.5) is 4.39 Å². The molecular formula is C15H20FN3O2. The lowest BCUT2D eigenvalue weighted by Gasteiger charge is -2.05. The molecule has 1 heterocycles. The van der Waals surface area contributed by atoms with Gasteiger partial charge < -0.3 is 14.6 Å². The summed E-state index contributed by atoms with van der Waals surface area (Å²) in [4.78, 5) is 4.32. The zero-order valence-corrected chi connectivity index (χ0v) is 12.5. The molecule has 114 valence electrons. The van der Waals surface area contributed by atoms with Crippen molar-refractivity contribution in [2.24, 2.45) is 0 Å². The van der Waals surface area contributed by atoms with Crippen molar-refractivity contribution in [1.29, 1.82) is 0 Å². The molecule has 5 nitrogen and oxygen atoms in total. The Morgan fingerprint density at radius 2 is 2.19 bits per heavy atom. The predicted octanol–water partition coefficient (Wildman–Crippen LogP) is 2.81. The third-order valence-electron chi connectivity index (χ3n) is 3.00. The van der Waals surface area contributed by atoms with E-state index in [2.05, 4.69) is 29.3 Å². The van der Waals surface area contributed by atoms with Crippen molar-refractivity contribution >= 4 is 0 Å². The first-order valence-electron chi connectivity index (χ1n) is 7.00. The number of aryl methyl sites for hydroxylation is 1. The second-order valence-corrected chi connectivity index (χ2v) is 5.07. The highest BCUT2D eigenvalue weighted by Gasteiger charge is 2.11. The Balaban J connectivity index is 1.99. The number of aromatic nitrogens is 2. The Labute approximate surface area is 123 Å². The van der Waals surface area contributed by atoms with Crippen LogP contribution in [0.1, 0.15) is 26.2 Å². The molecule has 0 unspecified atom stereocenters. The number of hydrogen-bond donors (Lipinski definition) is 1. The molecule has 0 atom stereocenters. The first kappa shape index (κ1) is 15.4. The van der Waals surface area contributed by atoms with Crippen molar-refractivity contribution in [2.45, 2.75) is 32.7 Å². The van der Waals surface area contributed by atoms with Crippen LogP contribution in [-0.2, 0) is 6.42 Å². The molecule has 21 heavy (non-hydrogen) atoms. The number of benzene rings is 1. The first-order chi connectivity index (χ1) is 10.1. The summed E-state index contributed by atoms with van der Waals surface area (Å²) in [6.07, 6.45) is 1.64. The Bertz CT molecular complexity index is 584. The van der Waals surface area contributed by atoms with Gasteiger partial charge in [-0.05, 0) is 31.2 Å². The predicted molar refractivity (Wildman–Crippen MR) is 77.7 cm³/mol. The molecule has 0 fully saturated rings. The van der Waals surface area contributed by atoms with Crippen LogP contribution in [0.15, 0.2) is 22.7 Å². The van der Waals surface area contributed by atoms with Crippen LogP contribution in [0.5, 0.6) is 5.75 Å². The summed E-state index contributed by atoms with van der Waals surface area (Å²) in [5, 5.41) is 7.25. The molecule has 2 rings (SSSR count). The number of rotatable bonds is 7. The van der Waals surface area contributed by atoms with Gasteiger partial charge in [0, 0.05) is 18.0 Å². The molecule has 0 radical (unpaired) electrons. The molecule has 1 N–H and O–H groups in total. The minimum atomic E-state index is -0.412. The van der Waals surface area contributed by atoms with Crippen molar-refractivity contribution in [3.8, 4) is 17.1 Å². The van der Waals surface area contributed by atoms with Gasteiger partial charge in [0.25, 0.3) is 0 Å². The van der Waals surface area contributed by atoms with E-state index in [1.807, 2.05) is 0 Å². The molecule has 0 aliphatic carbocycles.